The van der Waals surface area contributed by atoms with Crippen LogP contribution in [0.1, 0.15) is 135 Å². The number of hydrogen-bond donors (Lipinski definition) is 0. The van der Waals surface area contributed by atoms with Crippen LogP contribution < -0.4 is 0 Å². The van der Waals surface area contributed by atoms with E-state index in [1.807, 2.05) is 0 Å². The van der Waals surface area contributed by atoms with Crippen molar-refractivity contribution in [2.24, 2.45) is 0 Å². The van der Waals surface area contributed by atoms with Crippen molar-refractivity contribution in [2.45, 2.75) is 135 Å². The molecule has 36 heavy (non-hydrogen) atoms. The summed E-state index contributed by atoms with van der Waals surface area (Å²) in [5.41, 5.74) is 0. The second-order valence-electron chi connectivity index (χ2n) is 10.4. The van der Waals surface area contributed by atoms with Crippen LogP contribution in [-0.4, -0.2) is 41.5 Å². The van der Waals surface area contributed by atoms with Gasteiger partial charge >= 0.3 is 38.3 Å². The Hall–Kier alpha value is -0.230. The van der Waals surface area contributed by atoms with E-state index in [1.165, 1.54) is 128 Å². The molecule has 1 heterocycles. The molecule has 0 aromatic rings. The van der Waals surface area contributed by atoms with Gasteiger partial charge in [-0.2, -0.15) is 0 Å². The summed E-state index contributed by atoms with van der Waals surface area (Å²) < 4.78 is 61.3. The molecule has 0 saturated carbocycles. The summed E-state index contributed by atoms with van der Waals surface area (Å²) in [4.78, 5) is 2.33. The van der Waals surface area contributed by atoms with Gasteiger partial charge in [-0.3, -0.25) is 4.58 Å². The molecule has 0 aliphatic carbocycles. The number of halogens is 7. The van der Waals surface area contributed by atoms with E-state index in [0.29, 0.717) is 0 Å². The van der Waals surface area contributed by atoms with E-state index in [4.69, 9.17) is 11.6 Å². The molecular weight excluding hydrogens is 521 g/mol. The average Bonchev–Trinajstić information content (AvgIpc) is 3.08. The van der Waals surface area contributed by atoms with Crippen LogP contribution in [0.25, 0.3) is 0 Å². The van der Waals surface area contributed by atoms with Crippen molar-refractivity contribution < 1.29 is 29.8 Å². The van der Waals surface area contributed by atoms with Gasteiger partial charge in [-0.1, -0.05) is 122 Å². The molecular formula is C26H52ClF6N2P. The maximum atomic E-state index is 9.87. The van der Waals surface area contributed by atoms with Crippen LogP contribution in [0.3, 0.4) is 0 Å². The molecule has 0 radical (unpaired) electrons. The van der Waals surface area contributed by atoms with Crippen molar-refractivity contribution in [3.05, 3.63) is 0 Å². The van der Waals surface area contributed by atoms with Gasteiger partial charge in [-0.05, 0) is 12.8 Å². The molecule has 0 spiro atoms. The second kappa shape index (κ2) is 18.1. The fourth-order valence-electron chi connectivity index (χ4n) is 4.46. The number of rotatable bonds is 21. The molecule has 220 valence electrons. The molecule has 0 fully saturated rings. The molecule has 0 amide bonds. The zero-order valence-corrected chi connectivity index (χ0v) is 24.4. The van der Waals surface area contributed by atoms with E-state index in [0.717, 1.165) is 24.9 Å². The molecule has 0 saturated heterocycles. The molecule has 10 heteroatoms. The molecule has 0 N–H and O–H groups in total. The van der Waals surface area contributed by atoms with Crippen molar-refractivity contribution in [3.63, 3.8) is 0 Å². The minimum atomic E-state index is -10.7. The van der Waals surface area contributed by atoms with Gasteiger partial charge in [0.25, 0.3) is 0 Å². The minimum absolute atomic E-state index is 0.947. The zero-order valence-electron chi connectivity index (χ0n) is 22.8. The maximum absolute atomic E-state index is 10.7. The van der Waals surface area contributed by atoms with Gasteiger partial charge in [0.05, 0.1) is 13.6 Å². The van der Waals surface area contributed by atoms with Crippen LogP contribution in [0.15, 0.2) is 0 Å². The quantitative estimate of drug-likeness (QED) is 0.0436. The van der Waals surface area contributed by atoms with Crippen LogP contribution in [0.4, 0.5) is 25.2 Å². The average molecular weight is 573 g/mol. The Morgan fingerprint density at radius 1 is 0.611 bits per heavy atom. The van der Waals surface area contributed by atoms with Gasteiger partial charge in [-0.15, -0.1) is 0 Å². The van der Waals surface area contributed by atoms with Crippen LogP contribution >= 0.6 is 19.4 Å². The first-order valence-corrected chi connectivity index (χ1v) is 16.7. The van der Waals surface area contributed by atoms with Crippen molar-refractivity contribution in [2.75, 3.05) is 26.7 Å². The number of amidine groups is 1. The summed E-state index contributed by atoms with van der Waals surface area (Å²) in [6.07, 6.45) is 28.9. The van der Waals surface area contributed by atoms with Crippen molar-refractivity contribution in [1.82, 2.24) is 4.90 Å². The Labute approximate surface area is 221 Å². The number of likely N-dealkylation sites (N-methyl/N-ethyl adjacent to an activating group) is 1. The van der Waals surface area contributed by atoms with Gasteiger partial charge in [0.15, 0.2) is 0 Å². The molecule has 0 unspecified atom stereocenters. The first kappa shape index (κ1) is 35.8. The number of hydrogen-bond acceptors (Lipinski definition) is 1. The van der Waals surface area contributed by atoms with E-state index < -0.39 is 7.81 Å². The molecule has 0 aromatic heterocycles. The Kier molecular flexibility index (Phi) is 18.0. The fraction of sp³-hybridized carbons (Fsp3) is 0.962. The number of nitrogens with zero attached hydrogens (tertiary/aromatic N) is 2. The van der Waals surface area contributed by atoms with E-state index in [1.54, 1.807) is 0 Å². The van der Waals surface area contributed by atoms with Crippen molar-refractivity contribution in [3.8, 4) is 0 Å². The predicted molar refractivity (Wildman–Crippen MR) is 145 cm³/mol. The Balaban J connectivity index is 0.00000152. The predicted octanol–water partition coefficient (Wildman–Crippen LogP) is 11.7. The third-order valence-electron chi connectivity index (χ3n) is 6.56. The first-order chi connectivity index (χ1) is 16.7. The monoisotopic (exact) mass is 572 g/mol. The van der Waals surface area contributed by atoms with Gasteiger partial charge in [0, 0.05) is 11.6 Å². The number of unbranched alkanes of at least 4 members (excludes halogenated alkanes) is 19. The van der Waals surface area contributed by atoms with Crippen LogP contribution in [0.5, 0.6) is 0 Å². The van der Waals surface area contributed by atoms with Gasteiger partial charge < -0.3 is 0 Å². The molecule has 1 aliphatic rings. The molecule has 2 nitrogen and oxygen atoms in total. The second-order valence-corrected chi connectivity index (χ2v) is 12.6. The summed E-state index contributed by atoms with van der Waals surface area (Å²) in [5.74, 6) is 0. The van der Waals surface area contributed by atoms with E-state index in [9.17, 15) is 25.2 Å². The van der Waals surface area contributed by atoms with Crippen molar-refractivity contribution in [1.29, 1.82) is 0 Å². The van der Waals surface area contributed by atoms with Crippen LogP contribution in [0, 0.1) is 0 Å². The van der Waals surface area contributed by atoms with Gasteiger partial charge in [0.2, 0.25) is 0 Å². The Morgan fingerprint density at radius 2 is 0.889 bits per heavy atom. The van der Waals surface area contributed by atoms with Crippen LogP contribution in [0.2, 0.25) is 0 Å². The molecule has 0 bridgehead atoms. The van der Waals surface area contributed by atoms with E-state index in [2.05, 4.69) is 23.4 Å². The molecule has 0 aromatic carbocycles. The molecule has 1 aliphatic heterocycles. The molecule has 0 atom stereocenters. The van der Waals surface area contributed by atoms with Crippen molar-refractivity contribution >= 4 is 24.7 Å². The fourth-order valence-corrected chi connectivity index (χ4v) is 4.71. The van der Waals surface area contributed by atoms with E-state index in [-0.39, 0.29) is 0 Å². The third kappa shape index (κ3) is 30.0. The summed E-state index contributed by atoms with van der Waals surface area (Å²) >= 11 is 6.29. The third-order valence-corrected chi connectivity index (χ3v) is 7.09. The Bertz CT molecular complexity index is 573. The Morgan fingerprint density at radius 3 is 1.14 bits per heavy atom. The summed E-state index contributed by atoms with van der Waals surface area (Å²) in [5, 5.41) is 0.947. The topological polar surface area (TPSA) is 6.25 Å². The van der Waals surface area contributed by atoms with Crippen LogP contribution in [-0.2, 0) is 0 Å². The zero-order chi connectivity index (χ0) is 27.4. The molecule has 1 rings (SSSR count). The summed E-state index contributed by atoms with van der Waals surface area (Å²) in [6.45, 7) is 5.63. The van der Waals surface area contributed by atoms with E-state index >= 15 is 0 Å². The normalized spacial score (nSPS) is 16.1. The summed E-state index contributed by atoms with van der Waals surface area (Å²) in [6, 6.07) is 0. The summed E-state index contributed by atoms with van der Waals surface area (Å²) in [7, 11) is -8.57. The van der Waals surface area contributed by atoms with Gasteiger partial charge in [-0.25, -0.2) is 4.90 Å². The SMILES string of the molecule is CCCCCCCCCCCCCCCCCCCCCCN1CC[N+](C)=C1Cl.F[P-](F)(F)(F)(F)F. The van der Waals surface area contributed by atoms with Gasteiger partial charge in [0.1, 0.15) is 13.1 Å². The first-order valence-electron chi connectivity index (χ1n) is 14.3. The standard InChI is InChI=1S/C26H52ClN2.F6P/c1-3-4-5-6-7-8-9-10-11-12-13-14-15-16-17-18-19-20-21-22-23-29-25-24-28(2)26(29)27;1-7(2,3,4,5)6/h3-25H2,1-2H3;/q+1;-1.